The van der Waals surface area contributed by atoms with Crippen LogP contribution in [0.25, 0.3) is 0 Å². The van der Waals surface area contributed by atoms with Crippen molar-refractivity contribution in [1.29, 1.82) is 0 Å². The molecule has 0 heterocycles. The molecule has 2 N–H and O–H groups in total. The molecule has 7 nitrogen and oxygen atoms in total. The molecule has 0 fully saturated rings. The minimum atomic E-state index is -3.35. The quantitative estimate of drug-likeness (QED) is 0.438. The van der Waals surface area contributed by atoms with Crippen LogP contribution >= 0.6 is 0 Å². The zero-order valence-electron chi connectivity index (χ0n) is 19.2. The van der Waals surface area contributed by atoms with Gasteiger partial charge in [0.05, 0.1) is 36.6 Å². The van der Waals surface area contributed by atoms with Crippen molar-refractivity contribution in [2.24, 2.45) is 11.3 Å². The Bertz CT molecular complexity index is 860. The van der Waals surface area contributed by atoms with Crippen molar-refractivity contribution < 1.29 is 33.0 Å². The summed E-state index contributed by atoms with van der Waals surface area (Å²) in [5.74, 6) is -1.91. The highest BCUT2D eigenvalue weighted by molar-refractivity contribution is 7.91. The predicted molar refractivity (Wildman–Crippen MR) is 120 cm³/mol. The van der Waals surface area contributed by atoms with Crippen molar-refractivity contribution in [3.8, 4) is 0 Å². The van der Waals surface area contributed by atoms with Crippen molar-refractivity contribution >= 4 is 21.8 Å². The molecular weight excluding hydrogens is 420 g/mol. The fraction of sp³-hybridized carbons (Fsp3) is 0.652. The zero-order valence-corrected chi connectivity index (χ0v) is 20.0. The maximum atomic E-state index is 12.2. The Morgan fingerprint density at radius 2 is 1.81 bits per heavy atom. The van der Waals surface area contributed by atoms with E-state index in [1.807, 2.05) is 26.0 Å². The van der Waals surface area contributed by atoms with Crippen molar-refractivity contribution in [2.75, 3.05) is 25.2 Å². The summed E-state index contributed by atoms with van der Waals surface area (Å²) < 4.78 is 28.9. The average Bonchev–Trinajstić information content (AvgIpc) is 2.65. The van der Waals surface area contributed by atoms with E-state index in [1.165, 1.54) is 7.11 Å². The van der Waals surface area contributed by atoms with Crippen molar-refractivity contribution in [2.45, 2.75) is 58.8 Å². The van der Waals surface area contributed by atoms with Gasteiger partial charge in [-0.3, -0.25) is 9.59 Å². The molecule has 0 saturated carbocycles. The number of benzene rings is 1. The third-order valence-electron chi connectivity index (χ3n) is 5.72. The fourth-order valence-corrected chi connectivity index (χ4v) is 5.61. The molecule has 0 amide bonds. The first-order valence-corrected chi connectivity index (χ1v) is 12.3. The van der Waals surface area contributed by atoms with Gasteiger partial charge >= 0.3 is 11.9 Å². The predicted octanol–water partition coefficient (Wildman–Crippen LogP) is 2.98. The number of carbonyl (C=O) groups is 2. The molecule has 176 valence electrons. The minimum Gasteiger partial charge on any atom is -0.481 e. The number of aliphatic hydroxyl groups is 1. The molecule has 0 aliphatic carbocycles. The lowest BCUT2D eigenvalue weighted by Crippen LogP contribution is -2.33. The molecule has 8 heteroatoms. The van der Waals surface area contributed by atoms with Crippen molar-refractivity contribution in [1.82, 2.24) is 0 Å². The maximum Gasteiger partial charge on any atom is 0.313 e. The smallest absolute Gasteiger partial charge is 0.313 e. The topological polar surface area (TPSA) is 118 Å². The molecule has 1 unspecified atom stereocenters. The summed E-state index contributed by atoms with van der Waals surface area (Å²) >= 11 is 0. The van der Waals surface area contributed by atoms with Gasteiger partial charge in [-0.15, -0.1) is 0 Å². The van der Waals surface area contributed by atoms with Crippen LogP contribution in [-0.4, -0.2) is 55.8 Å². The number of aliphatic hydroxyl groups excluding tert-OH is 1. The minimum absolute atomic E-state index is 0.0503. The summed E-state index contributed by atoms with van der Waals surface area (Å²) in [6, 6.07) is 7.25. The Kier molecular flexibility index (Phi) is 9.69. The van der Waals surface area contributed by atoms with E-state index in [2.05, 4.69) is 0 Å². The molecule has 0 aromatic heterocycles. The van der Waals surface area contributed by atoms with Crippen LogP contribution in [-0.2, 0) is 36.0 Å². The number of carbonyl (C=O) groups excluding carboxylic acids is 1. The molecule has 0 aliphatic rings. The van der Waals surface area contributed by atoms with E-state index in [9.17, 15) is 23.1 Å². The number of rotatable bonds is 13. The second-order valence-corrected chi connectivity index (χ2v) is 11.5. The molecule has 0 aliphatic heterocycles. The number of hydrogen-bond acceptors (Lipinski definition) is 6. The highest BCUT2D eigenvalue weighted by Gasteiger charge is 2.36. The second-order valence-electron chi connectivity index (χ2n) is 9.30. The third kappa shape index (κ3) is 8.26. The summed E-state index contributed by atoms with van der Waals surface area (Å²) in [4.78, 5) is 23.9. The van der Waals surface area contributed by atoms with Gasteiger partial charge in [-0.1, -0.05) is 51.5 Å². The second kappa shape index (κ2) is 11.1. The van der Waals surface area contributed by atoms with Gasteiger partial charge < -0.3 is 14.9 Å². The number of carboxylic acids is 1. The van der Waals surface area contributed by atoms with Gasteiger partial charge in [-0.05, 0) is 42.7 Å². The average molecular weight is 457 g/mol. The first-order chi connectivity index (χ1) is 14.3. The number of carboxylic acid groups (broad SMARTS) is 1. The van der Waals surface area contributed by atoms with Crippen LogP contribution in [0.15, 0.2) is 24.3 Å². The van der Waals surface area contributed by atoms with Gasteiger partial charge in [-0.2, -0.15) is 0 Å². The number of esters is 1. The van der Waals surface area contributed by atoms with E-state index >= 15 is 0 Å². The Morgan fingerprint density at radius 1 is 1.16 bits per heavy atom. The molecule has 1 rings (SSSR count). The van der Waals surface area contributed by atoms with Gasteiger partial charge in [-0.25, -0.2) is 8.42 Å². The summed E-state index contributed by atoms with van der Waals surface area (Å²) in [5, 5.41) is 18.9. The van der Waals surface area contributed by atoms with E-state index in [0.717, 1.165) is 5.56 Å². The lowest BCUT2D eigenvalue weighted by atomic mass is 9.75. The lowest BCUT2D eigenvalue weighted by Gasteiger charge is -2.29. The van der Waals surface area contributed by atoms with Crippen molar-refractivity contribution in [3.05, 3.63) is 35.4 Å². The Hall–Kier alpha value is -1.93. The van der Waals surface area contributed by atoms with Crippen LogP contribution < -0.4 is 0 Å². The monoisotopic (exact) mass is 456 g/mol. The summed E-state index contributed by atoms with van der Waals surface area (Å²) in [6.45, 7) is 6.72. The summed E-state index contributed by atoms with van der Waals surface area (Å²) in [7, 11) is -2.01. The molecule has 31 heavy (non-hydrogen) atoms. The highest BCUT2D eigenvalue weighted by atomic mass is 32.2. The Labute approximate surface area is 185 Å². The molecule has 0 spiro atoms. The molecule has 0 bridgehead atoms. The van der Waals surface area contributed by atoms with E-state index in [1.54, 1.807) is 26.0 Å². The summed E-state index contributed by atoms with van der Waals surface area (Å²) in [5.41, 5.74) is -0.144. The van der Waals surface area contributed by atoms with Crippen LogP contribution in [0.3, 0.4) is 0 Å². The van der Waals surface area contributed by atoms with Crippen molar-refractivity contribution in [3.63, 3.8) is 0 Å². The molecule has 1 aromatic rings. The fourth-order valence-electron chi connectivity index (χ4n) is 3.85. The van der Waals surface area contributed by atoms with Gasteiger partial charge in [0.15, 0.2) is 9.84 Å². The Balaban J connectivity index is 2.94. The number of ether oxygens (including phenoxy) is 1. The number of aliphatic carboxylic acids is 1. The maximum absolute atomic E-state index is 12.2. The molecule has 2 atom stereocenters. The van der Waals surface area contributed by atoms with Gasteiger partial charge in [0.1, 0.15) is 0 Å². The molecule has 0 saturated heterocycles. The van der Waals surface area contributed by atoms with Crippen LogP contribution in [0, 0.1) is 11.3 Å². The first kappa shape index (κ1) is 27.1. The normalized spacial score (nSPS) is 15.2. The lowest BCUT2D eigenvalue weighted by molar-refractivity contribution is -0.145. The standard InChI is InChI=1S/C23H36O7S/c1-17(20(25)30-5)14-18-8-6-9-19(15-18)23(4,21(26)27)11-7-10-22(2,3)16-31(28,29)13-12-24/h6,8-9,15,17,24H,7,10-14,16H2,1-5H3,(H,26,27)/t17-,23?/m1/s1. The largest absolute Gasteiger partial charge is 0.481 e. The molecular formula is C23H36O7S. The van der Waals surface area contributed by atoms with Crippen LogP contribution in [0.5, 0.6) is 0 Å². The van der Waals surface area contributed by atoms with Gasteiger partial charge in [0.2, 0.25) is 0 Å². The van der Waals surface area contributed by atoms with Crippen LogP contribution in [0.4, 0.5) is 0 Å². The van der Waals surface area contributed by atoms with Gasteiger partial charge in [0.25, 0.3) is 0 Å². The molecule has 0 radical (unpaired) electrons. The van der Waals surface area contributed by atoms with Crippen LogP contribution in [0.1, 0.15) is 58.1 Å². The first-order valence-electron chi connectivity index (χ1n) is 10.5. The highest BCUT2D eigenvalue weighted by Crippen LogP contribution is 2.34. The van der Waals surface area contributed by atoms with E-state index in [0.29, 0.717) is 31.2 Å². The Morgan fingerprint density at radius 3 is 2.35 bits per heavy atom. The molecule has 1 aromatic carbocycles. The van der Waals surface area contributed by atoms with E-state index in [-0.39, 0.29) is 23.4 Å². The number of sulfone groups is 1. The third-order valence-corrected chi connectivity index (χ3v) is 7.75. The number of hydrogen-bond donors (Lipinski definition) is 2. The van der Waals surface area contributed by atoms with E-state index < -0.39 is 33.2 Å². The zero-order chi connectivity index (χ0) is 23.9. The SMILES string of the molecule is COC(=O)[C@H](C)Cc1cccc(C(C)(CCCC(C)(C)CS(=O)(=O)CCO)C(=O)O)c1. The number of methoxy groups -OCH3 is 1. The van der Waals surface area contributed by atoms with E-state index in [4.69, 9.17) is 9.84 Å². The summed E-state index contributed by atoms with van der Waals surface area (Å²) in [6.07, 6.45) is 1.88. The van der Waals surface area contributed by atoms with Gasteiger partial charge in [0, 0.05) is 0 Å². The van der Waals surface area contributed by atoms with Crippen LogP contribution in [0.2, 0.25) is 0 Å².